The fraction of sp³-hybridized carbons (Fsp3) is 0.500. The molecule has 3 fully saturated rings. The second-order valence-electron chi connectivity index (χ2n) is 8.40. The van der Waals surface area contributed by atoms with Crippen LogP contribution in [-0.4, -0.2) is 29.2 Å². The van der Waals surface area contributed by atoms with Crippen molar-refractivity contribution >= 4 is 17.8 Å². The summed E-state index contributed by atoms with van der Waals surface area (Å²) in [6, 6.07) is 5.57. The van der Waals surface area contributed by atoms with Crippen LogP contribution in [0.15, 0.2) is 30.4 Å². The lowest BCUT2D eigenvalue weighted by molar-refractivity contribution is -0.141. The van der Waals surface area contributed by atoms with Crippen molar-refractivity contribution in [2.75, 3.05) is 6.54 Å². The van der Waals surface area contributed by atoms with Crippen LogP contribution in [0.3, 0.4) is 0 Å². The second kappa shape index (κ2) is 5.78. The zero-order chi connectivity index (χ0) is 18.9. The number of hydrogen-bond donors (Lipinski definition) is 0. The Labute approximate surface area is 158 Å². The molecule has 4 aliphatic carbocycles. The quantitative estimate of drug-likeness (QED) is 0.356. The van der Waals surface area contributed by atoms with Gasteiger partial charge in [-0.05, 0) is 61.1 Å². The number of esters is 1. The van der Waals surface area contributed by atoms with Gasteiger partial charge in [0.05, 0.1) is 18.3 Å². The molecule has 5 nitrogen and oxygen atoms in total. The monoisotopic (exact) mass is 365 g/mol. The minimum absolute atomic E-state index is 0.0277. The number of aryl methyl sites for hydroxylation is 1. The van der Waals surface area contributed by atoms with Crippen LogP contribution < -0.4 is 4.74 Å². The van der Waals surface area contributed by atoms with Crippen LogP contribution in [0.5, 0.6) is 5.75 Å². The number of imide groups is 1. The molecule has 140 valence electrons. The Hall–Kier alpha value is -2.43. The van der Waals surface area contributed by atoms with E-state index < -0.39 is 5.97 Å². The number of hydrogen-bond acceptors (Lipinski definition) is 4. The minimum Gasteiger partial charge on any atom is -0.426 e. The van der Waals surface area contributed by atoms with E-state index in [0.29, 0.717) is 17.6 Å². The van der Waals surface area contributed by atoms with E-state index in [0.717, 1.165) is 17.5 Å². The van der Waals surface area contributed by atoms with E-state index in [4.69, 9.17) is 4.74 Å². The molecule has 1 aliphatic heterocycles. The highest BCUT2D eigenvalue weighted by Crippen LogP contribution is 2.65. The predicted octanol–water partition coefficient (Wildman–Crippen LogP) is 2.65. The summed E-state index contributed by atoms with van der Waals surface area (Å²) in [6.45, 7) is 3.98. The molecule has 1 saturated heterocycles. The summed E-state index contributed by atoms with van der Waals surface area (Å²) >= 11 is 0. The molecule has 0 spiro atoms. The third-order valence-corrected chi connectivity index (χ3v) is 7.07. The van der Waals surface area contributed by atoms with E-state index in [2.05, 4.69) is 12.2 Å². The Balaban J connectivity index is 1.26. The summed E-state index contributed by atoms with van der Waals surface area (Å²) in [5, 5.41) is 0. The standard InChI is InChI=1S/C22H23NO4/c1-11-4-3-5-17(12(11)2)27-18(24)8-9-23-21(25)19-13-6-7-14(16-10-15(13)16)20(19)22(23)26/h3-7,13-16,19-20H,8-10H2,1-2H3/t13-,14-,15-,16+,19-,20+/m0/s1. The Bertz CT molecular complexity index is 852. The van der Waals surface area contributed by atoms with E-state index in [-0.39, 0.29) is 48.5 Å². The molecule has 0 unspecified atom stereocenters. The van der Waals surface area contributed by atoms with Crippen molar-refractivity contribution in [3.05, 3.63) is 41.5 Å². The molecule has 2 amide bonds. The first-order valence-electron chi connectivity index (χ1n) is 9.78. The summed E-state index contributed by atoms with van der Waals surface area (Å²) in [4.78, 5) is 39.4. The Morgan fingerprint density at radius 2 is 1.70 bits per heavy atom. The lowest BCUT2D eigenvalue weighted by atomic mass is 9.63. The number of amides is 2. The predicted molar refractivity (Wildman–Crippen MR) is 97.6 cm³/mol. The smallest absolute Gasteiger partial charge is 0.313 e. The second-order valence-corrected chi connectivity index (χ2v) is 8.40. The number of benzene rings is 1. The maximum Gasteiger partial charge on any atom is 0.313 e. The average molecular weight is 365 g/mol. The highest BCUT2D eigenvalue weighted by atomic mass is 16.5. The highest BCUT2D eigenvalue weighted by molar-refractivity contribution is 6.06. The highest BCUT2D eigenvalue weighted by Gasteiger charge is 2.66. The van der Waals surface area contributed by atoms with Crippen LogP contribution in [-0.2, 0) is 14.4 Å². The molecule has 1 heterocycles. The summed E-state index contributed by atoms with van der Waals surface area (Å²) in [5.41, 5.74) is 1.97. The van der Waals surface area contributed by atoms with Gasteiger partial charge in [0.25, 0.3) is 0 Å². The number of ether oxygens (including phenoxy) is 1. The van der Waals surface area contributed by atoms with Crippen LogP contribution in [0, 0.1) is 49.4 Å². The molecule has 5 heteroatoms. The molecular weight excluding hydrogens is 342 g/mol. The van der Waals surface area contributed by atoms with Crippen molar-refractivity contribution in [1.82, 2.24) is 4.90 Å². The molecule has 5 aliphatic rings. The third kappa shape index (κ3) is 2.40. The Morgan fingerprint density at radius 3 is 2.33 bits per heavy atom. The van der Waals surface area contributed by atoms with Gasteiger partial charge in [-0.15, -0.1) is 0 Å². The van der Waals surface area contributed by atoms with Gasteiger partial charge < -0.3 is 4.74 Å². The van der Waals surface area contributed by atoms with Crippen molar-refractivity contribution in [2.45, 2.75) is 26.7 Å². The molecule has 2 saturated carbocycles. The number of likely N-dealkylation sites (tertiary alicyclic amines) is 1. The van der Waals surface area contributed by atoms with Crippen molar-refractivity contribution in [3.63, 3.8) is 0 Å². The number of carbonyl (C=O) groups excluding carboxylic acids is 3. The summed E-state index contributed by atoms with van der Waals surface area (Å²) < 4.78 is 5.45. The van der Waals surface area contributed by atoms with Gasteiger partial charge in [0.1, 0.15) is 5.75 Å². The van der Waals surface area contributed by atoms with Gasteiger partial charge >= 0.3 is 5.97 Å². The molecule has 6 atom stereocenters. The summed E-state index contributed by atoms with van der Waals surface area (Å²) in [6.07, 6.45) is 5.49. The number of allylic oxidation sites excluding steroid dienone is 2. The van der Waals surface area contributed by atoms with Gasteiger partial charge in [-0.3, -0.25) is 19.3 Å². The molecule has 0 aromatic heterocycles. The minimum atomic E-state index is -0.414. The molecule has 27 heavy (non-hydrogen) atoms. The Morgan fingerprint density at radius 1 is 1.07 bits per heavy atom. The number of rotatable bonds is 4. The van der Waals surface area contributed by atoms with Crippen molar-refractivity contribution in [2.24, 2.45) is 35.5 Å². The van der Waals surface area contributed by atoms with E-state index in [1.165, 1.54) is 4.90 Å². The topological polar surface area (TPSA) is 63.7 Å². The van der Waals surface area contributed by atoms with Crippen molar-refractivity contribution in [1.29, 1.82) is 0 Å². The number of nitrogens with zero attached hydrogens (tertiary/aromatic N) is 1. The molecule has 0 radical (unpaired) electrons. The van der Waals surface area contributed by atoms with Crippen LogP contribution in [0.25, 0.3) is 0 Å². The van der Waals surface area contributed by atoms with E-state index in [9.17, 15) is 14.4 Å². The van der Waals surface area contributed by atoms with Gasteiger partial charge in [-0.2, -0.15) is 0 Å². The largest absolute Gasteiger partial charge is 0.426 e. The lowest BCUT2D eigenvalue weighted by Gasteiger charge is -2.37. The third-order valence-electron chi connectivity index (χ3n) is 7.07. The van der Waals surface area contributed by atoms with E-state index >= 15 is 0 Å². The SMILES string of the molecule is Cc1cccc(OC(=O)CCN2C(=O)[C@@H]3[C@H]4C=C[C@@H]([C@@H]5C[C@H]45)[C@@H]3C2=O)c1C. The molecule has 2 bridgehead atoms. The first-order chi connectivity index (χ1) is 13.0. The number of carbonyl (C=O) groups is 3. The van der Waals surface area contributed by atoms with Crippen LogP contribution >= 0.6 is 0 Å². The fourth-order valence-corrected chi connectivity index (χ4v) is 5.45. The summed E-state index contributed by atoms with van der Waals surface area (Å²) in [7, 11) is 0. The molecule has 1 aromatic rings. The van der Waals surface area contributed by atoms with Crippen molar-refractivity contribution in [3.8, 4) is 5.75 Å². The Kier molecular flexibility index (Phi) is 3.58. The van der Waals surface area contributed by atoms with Gasteiger partial charge in [0.2, 0.25) is 11.8 Å². The average Bonchev–Trinajstić information content (AvgIpc) is 3.43. The van der Waals surface area contributed by atoms with Gasteiger partial charge in [0, 0.05) is 6.54 Å². The first kappa shape index (κ1) is 16.7. The van der Waals surface area contributed by atoms with Crippen LogP contribution in [0.1, 0.15) is 24.0 Å². The maximum absolute atomic E-state index is 12.9. The van der Waals surface area contributed by atoms with E-state index in [1.54, 1.807) is 6.07 Å². The van der Waals surface area contributed by atoms with Gasteiger partial charge in [-0.25, -0.2) is 0 Å². The fourth-order valence-electron chi connectivity index (χ4n) is 5.45. The van der Waals surface area contributed by atoms with Gasteiger partial charge in [-0.1, -0.05) is 24.3 Å². The maximum atomic E-state index is 12.9. The van der Waals surface area contributed by atoms with Gasteiger partial charge in [0.15, 0.2) is 0 Å². The molecule has 6 rings (SSSR count). The van der Waals surface area contributed by atoms with E-state index in [1.807, 2.05) is 26.0 Å². The molecule has 0 N–H and O–H groups in total. The van der Waals surface area contributed by atoms with Crippen LogP contribution in [0.2, 0.25) is 0 Å². The first-order valence-corrected chi connectivity index (χ1v) is 9.78. The molecule has 1 aromatic carbocycles. The normalized spacial score (nSPS) is 35.3. The zero-order valence-corrected chi connectivity index (χ0v) is 15.6. The van der Waals surface area contributed by atoms with Crippen molar-refractivity contribution < 1.29 is 19.1 Å². The molecular formula is C22H23NO4. The van der Waals surface area contributed by atoms with Crippen LogP contribution in [0.4, 0.5) is 0 Å². The lowest BCUT2D eigenvalue weighted by Crippen LogP contribution is -2.40. The zero-order valence-electron chi connectivity index (χ0n) is 15.6. The summed E-state index contributed by atoms with van der Waals surface area (Å²) in [5.74, 6) is 1.15.